The highest BCUT2D eigenvalue weighted by Crippen LogP contribution is 2.70. The number of hydrogen-bond donors (Lipinski definition) is 1. The Morgan fingerprint density at radius 1 is 0.903 bits per heavy atom. The van der Waals surface area contributed by atoms with E-state index in [1.165, 1.54) is 57.8 Å². The van der Waals surface area contributed by atoms with Gasteiger partial charge in [0.15, 0.2) is 0 Å². The Balaban J connectivity index is 1.59. The van der Waals surface area contributed by atoms with Gasteiger partial charge in [0.05, 0.1) is 5.60 Å². The minimum absolute atomic E-state index is 0.402. The summed E-state index contributed by atoms with van der Waals surface area (Å²) in [6.07, 6.45) is 13.3. The van der Waals surface area contributed by atoms with E-state index < -0.39 is 5.60 Å². The second-order valence-corrected chi connectivity index (χ2v) is 13.9. The highest BCUT2D eigenvalue weighted by atomic mass is 16.3. The first-order valence-corrected chi connectivity index (χ1v) is 13.8. The molecule has 1 heteroatoms. The molecule has 4 aliphatic carbocycles. The predicted octanol–water partition coefficient (Wildman–Crippen LogP) is 8.41. The van der Waals surface area contributed by atoms with E-state index in [9.17, 15) is 5.11 Å². The van der Waals surface area contributed by atoms with E-state index in [1.54, 1.807) is 11.1 Å². The van der Waals surface area contributed by atoms with Crippen LogP contribution in [0.3, 0.4) is 0 Å². The van der Waals surface area contributed by atoms with Crippen molar-refractivity contribution >= 4 is 0 Å². The van der Waals surface area contributed by atoms with E-state index in [0.717, 1.165) is 30.1 Å². The van der Waals surface area contributed by atoms with Crippen LogP contribution in [-0.2, 0) is 0 Å². The maximum absolute atomic E-state index is 12.0. The van der Waals surface area contributed by atoms with Crippen molar-refractivity contribution in [1.29, 1.82) is 0 Å². The monoisotopic (exact) mass is 428 g/mol. The molecule has 1 unspecified atom stereocenters. The Hall–Kier alpha value is -0.300. The summed E-state index contributed by atoms with van der Waals surface area (Å²) >= 11 is 0. The van der Waals surface area contributed by atoms with Gasteiger partial charge in [-0.05, 0) is 118 Å². The van der Waals surface area contributed by atoms with Gasteiger partial charge in [-0.3, -0.25) is 0 Å². The minimum Gasteiger partial charge on any atom is -0.390 e. The molecule has 0 aromatic carbocycles. The number of hydrogen-bond acceptors (Lipinski definition) is 1. The van der Waals surface area contributed by atoms with E-state index in [4.69, 9.17) is 0 Å². The van der Waals surface area contributed by atoms with E-state index in [1.807, 2.05) is 0 Å². The van der Waals surface area contributed by atoms with Crippen molar-refractivity contribution in [1.82, 2.24) is 0 Å². The lowest BCUT2D eigenvalue weighted by atomic mass is 9.41. The van der Waals surface area contributed by atoms with Gasteiger partial charge < -0.3 is 5.11 Å². The second kappa shape index (κ2) is 8.18. The molecule has 0 amide bonds. The van der Waals surface area contributed by atoms with Crippen LogP contribution in [-0.4, -0.2) is 10.7 Å². The molecule has 9 atom stereocenters. The molecule has 0 aliphatic heterocycles. The average molecular weight is 429 g/mol. The highest BCUT2D eigenvalue weighted by molar-refractivity contribution is 5.26. The molecule has 3 saturated carbocycles. The summed E-state index contributed by atoms with van der Waals surface area (Å²) in [7, 11) is 0. The summed E-state index contributed by atoms with van der Waals surface area (Å²) < 4.78 is 0. The highest BCUT2D eigenvalue weighted by Gasteiger charge is 2.65. The second-order valence-electron chi connectivity index (χ2n) is 13.9. The van der Waals surface area contributed by atoms with E-state index in [0.29, 0.717) is 28.6 Å². The van der Waals surface area contributed by atoms with Crippen molar-refractivity contribution in [2.24, 2.45) is 52.3 Å². The van der Waals surface area contributed by atoms with Gasteiger partial charge in [0, 0.05) is 0 Å². The number of aliphatic hydroxyl groups is 1. The number of rotatable bonds is 5. The summed E-state index contributed by atoms with van der Waals surface area (Å²) in [6, 6.07) is 0. The zero-order valence-electron chi connectivity index (χ0n) is 22.1. The van der Waals surface area contributed by atoms with E-state index in [-0.39, 0.29) is 0 Å². The van der Waals surface area contributed by atoms with Crippen LogP contribution in [0.5, 0.6) is 0 Å². The Morgan fingerprint density at radius 2 is 1.58 bits per heavy atom. The molecule has 31 heavy (non-hydrogen) atoms. The van der Waals surface area contributed by atoms with Gasteiger partial charge in [0.25, 0.3) is 0 Å². The molecule has 0 aromatic heterocycles. The van der Waals surface area contributed by atoms with E-state index >= 15 is 0 Å². The normalized spacial score (nSPS) is 48.4. The number of fused-ring (bicyclic) bond motifs is 5. The van der Waals surface area contributed by atoms with Gasteiger partial charge in [0.2, 0.25) is 0 Å². The Kier molecular flexibility index (Phi) is 6.29. The molecule has 4 rings (SSSR count). The first-order valence-electron chi connectivity index (χ1n) is 13.8. The zero-order valence-corrected chi connectivity index (χ0v) is 22.1. The smallest absolute Gasteiger partial charge is 0.0659 e. The fourth-order valence-corrected chi connectivity index (χ4v) is 9.77. The first-order chi connectivity index (χ1) is 14.4. The van der Waals surface area contributed by atoms with Crippen molar-refractivity contribution in [3.8, 4) is 0 Å². The van der Waals surface area contributed by atoms with Crippen LogP contribution in [0.2, 0.25) is 0 Å². The molecule has 0 aromatic rings. The van der Waals surface area contributed by atoms with Crippen molar-refractivity contribution in [3.05, 3.63) is 11.1 Å². The van der Waals surface area contributed by atoms with Crippen LogP contribution in [0.25, 0.3) is 0 Å². The average Bonchev–Trinajstić information content (AvgIpc) is 3.03. The van der Waals surface area contributed by atoms with Gasteiger partial charge >= 0.3 is 0 Å². The molecule has 1 nitrogen and oxygen atoms in total. The van der Waals surface area contributed by atoms with Crippen LogP contribution in [0.15, 0.2) is 11.1 Å². The number of allylic oxidation sites excluding steroid dienone is 2. The summed E-state index contributed by atoms with van der Waals surface area (Å²) in [5.41, 5.74) is 3.56. The van der Waals surface area contributed by atoms with Crippen LogP contribution in [0.1, 0.15) is 120 Å². The summed E-state index contributed by atoms with van der Waals surface area (Å²) in [6.45, 7) is 19.5. The van der Waals surface area contributed by atoms with Crippen molar-refractivity contribution in [3.63, 3.8) is 0 Å². The standard InChI is InChI=1S/C30H52O/c1-19(2)10-9-11-21(4)23-12-13-24-27-25(15-17-28(23,24)6)29(7)16-14-20(3)22(5)26(29)18-30(27,8)31/h19,21,23-27,31H,9-18H2,1-8H3/t21-,23-,24+,25+,26?,27+,28-,29-,30-/m1/s1. The van der Waals surface area contributed by atoms with Crippen LogP contribution >= 0.6 is 0 Å². The van der Waals surface area contributed by atoms with Gasteiger partial charge in [-0.25, -0.2) is 0 Å². The van der Waals surface area contributed by atoms with Gasteiger partial charge in [-0.1, -0.05) is 65.0 Å². The lowest BCUT2D eigenvalue weighted by Crippen LogP contribution is -2.62. The predicted molar refractivity (Wildman–Crippen MR) is 133 cm³/mol. The van der Waals surface area contributed by atoms with Crippen LogP contribution in [0, 0.1) is 52.3 Å². The first kappa shape index (κ1) is 23.8. The van der Waals surface area contributed by atoms with Crippen molar-refractivity contribution < 1.29 is 5.11 Å². The minimum atomic E-state index is -0.504. The third-order valence-corrected chi connectivity index (χ3v) is 11.7. The van der Waals surface area contributed by atoms with Crippen LogP contribution in [0.4, 0.5) is 0 Å². The maximum Gasteiger partial charge on any atom is 0.0659 e. The molecule has 3 fully saturated rings. The molecular formula is C30H52O. The SMILES string of the molecule is CC1=C(C)C2C[C@@](C)(O)[C@H]3[C@@H]4CC[C@H]([C@H](C)CCCC(C)C)[C@@]4(C)CC[C@@H]3[C@@]2(C)CC1. The largest absolute Gasteiger partial charge is 0.390 e. The fourth-order valence-electron chi connectivity index (χ4n) is 9.77. The third kappa shape index (κ3) is 3.77. The molecule has 0 saturated heterocycles. The third-order valence-electron chi connectivity index (χ3n) is 11.7. The lowest BCUT2D eigenvalue weighted by molar-refractivity contribution is -0.195. The molecule has 178 valence electrons. The summed E-state index contributed by atoms with van der Waals surface area (Å²) in [5, 5.41) is 12.0. The molecule has 0 spiro atoms. The maximum atomic E-state index is 12.0. The molecule has 1 N–H and O–H groups in total. The van der Waals surface area contributed by atoms with Crippen molar-refractivity contribution in [2.75, 3.05) is 0 Å². The van der Waals surface area contributed by atoms with Gasteiger partial charge in [-0.15, -0.1) is 0 Å². The zero-order chi connectivity index (χ0) is 22.8. The lowest BCUT2D eigenvalue weighted by Gasteiger charge is -2.65. The topological polar surface area (TPSA) is 20.2 Å². The van der Waals surface area contributed by atoms with Gasteiger partial charge in [0.1, 0.15) is 0 Å². The molecule has 0 radical (unpaired) electrons. The van der Waals surface area contributed by atoms with Crippen molar-refractivity contribution in [2.45, 2.75) is 125 Å². The molecular weight excluding hydrogens is 376 g/mol. The summed E-state index contributed by atoms with van der Waals surface area (Å²) in [5.74, 6) is 5.06. The fraction of sp³-hybridized carbons (Fsp3) is 0.933. The quantitative estimate of drug-likeness (QED) is 0.436. The summed E-state index contributed by atoms with van der Waals surface area (Å²) in [4.78, 5) is 0. The van der Waals surface area contributed by atoms with E-state index in [2.05, 4.69) is 55.4 Å². The Morgan fingerprint density at radius 3 is 2.26 bits per heavy atom. The molecule has 0 bridgehead atoms. The Labute approximate surface area is 193 Å². The molecule has 0 heterocycles. The van der Waals surface area contributed by atoms with Gasteiger partial charge in [-0.2, -0.15) is 0 Å². The Bertz CT molecular complexity index is 701. The van der Waals surface area contributed by atoms with Crippen LogP contribution < -0.4 is 0 Å². The molecule has 4 aliphatic rings.